The lowest BCUT2D eigenvalue weighted by Gasteiger charge is -2.16. The van der Waals surface area contributed by atoms with Gasteiger partial charge in [-0.15, -0.1) is 0 Å². The SMILES string of the molecule is CC1OCCC1NC(=O)c1c(F)ccc(N)c1F. The summed E-state index contributed by atoms with van der Waals surface area (Å²) in [4.78, 5) is 11.8. The Morgan fingerprint density at radius 3 is 2.83 bits per heavy atom. The number of amides is 1. The van der Waals surface area contributed by atoms with E-state index < -0.39 is 23.1 Å². The molecule has 0 aliphatic carbocycles. The summed E-state index contributed by atoms with van der Waals surface area (Å²) in [6.45, 7) is 2.32. The summed E-state index contributed by atoms with van der Waals surface area (Å²) >= 11 is 0. The number of halogens is 2. The van der Waals surface area contributed by atoms with Crippen molar-refractivity contribution in [2.24, 2.45) is 0 Å². The second-order valence-corrected chi connectivity index (χ2v) is 4.27. The minimum atomic E-state index is -1.03. The van der Waals surface area contributed by atoms with E-state index in [1.54, 1.807) is 6.92 Å². The molecule has 0 aromatic heterocycles. The lowest BCUT2D eigenvalue weighted by Crippen LogP contribution is -2.40. The molecule has 1 aromatic rings. The van der Waals surface area contributed by atoms with E-state index in [1.807, 2.05) is 0 Å². The van der Waals surface area contributed by atoms with Crippen LogP contribution in [0.25, 0.3) is 0 Å². The van der Waals surface area contributed by atoms with Crippen molar-refractivity contribution >= 4 is 11.6 Å². The predicted octanol–water partition coefficient (Wildman–Crippen LogP) is 1.45. The maximum Gasteiger partial charge on any atom is 0.257 e. The molecule has 1 aliphatic heterocycles. The third-order valence-corrected chi connectivity index (χ3v) is 3.04. The minimum Gasteiger partial charge on any atom is -0.396 e. The molecular weight excluding hydrogens is 242 g/mol. The zero-order valence-corrected chi connectivity index (χ0v) is 9.87. The topological polar surface area (TPSA) is 64.3 Å². The summed E-state index contributed by atoms with van der Waals surface area (Å²) in [5, 5.41) is 2.55. The van der Waals surface area contributed by atoms with Gasteiger partial charge in [0.05, 0.1) is 17.8 Å². The average Bonchev–Trinajstić information content (AvgIpc) is 2.70. The Kier molecular flexibility index (Phi) is 3.47. The van der Waals surface area contributed by atoms with E-state index >= 15 is 0 Å². The number of nitrogen functional groups attached to an aromatic ring is 1. The molecule has 1 heterocycles. The monoisotopic (exact) mass is 256 g/mol. The summed E-state index contributed by atoms with van der Waals surface area (Å²) in [5.41, 5.74) is 4.42. The number of nitrogens with two attached hydrogens (primary N) is 1. The minimum absolute atomic E-state index is 0.166. The van der Waals surface area contributed by atoms with Crippen molar-refractivity contribution < 1.29 is 18.3 Å². The van der Waals surface area contributed by atoms with E-state index in [1.165, 1.54) is 0 Å². The van der Waals surface area contributed by atoms with Gasteiger partial charge in [0.2, 0.25) is 0 Å². The normalized spacial score (nSPS) is 23.1. The van der Waals surface area contributed by atoms with Crippen molar-refractivity contribution in [2.45, 2.75) is 25.5 Å². The Balaban J connectivity index is 2.21. The Hall–Kier alpha value is -1.69. The molecule has 0 saturated carbocycles. The van der Waals surface area contributed by atoms with E-state index in [0.717, 1.165) is 12.1 Å². The van der Waals surface area contributed by atoms with Crippen molar-refractivity contribution in [2.75, 3.05) is 12.3 Å². The average molecular weight is 256 g/mol. The first-order chi connectivity index (χ1) is 8.50. The Bertz CT molecular complexity index is 479. The van der Waals surface area contributed by atoms with Crippen molar-refractivity contribution in [3.05, 3.63) is 29.3 Å². The van der Waals surface area contributed by atoms with Crippen LogP contribution < -0.4 is 11.1 Å². The molecule has 1 saturated heterocycles. The molecule has 1 amide bonds. The molecule has 0 spiro atoms. The molecule has 2 atom stereocenters. The highest BCUT2D eigenvalue weighted by atomic mass is 19.1. The van der Waals surface area contributed by atoms with Gasteiger partial charge >= 0.3 is 0 Å². The fraction of sp³-hybridized carbons (Fsp3) is 0.417. The number of rotatable bonds is 2. The standard InChI is InChI=1S/C12H14F2N2O2/c1-6-9(4-5-18-6)16-12(17)10-7(13)2-3-8(15)11(10)14/h2-3,6,9H,4-5,15H2,1H3,(H,16,17). The van der Waals surface area contributed by atoms with Crippen LogP contribution in [0.5, 0.6) is 0 Å². The van der Waals surface area contributed by atoms with E-state index in [4.69, 9.17) is 10.5 Å². The smallest absolute Gasteiger partial charge is 0.257 e. The van der Waals surface area contributed by atoms with Crippen molar-refractivity contribution in [1.82, 2.24) is 5.32 Å². The second-order valence-electron chi connectivity index (χ2n) is 4.27. The van der Waals surface area contributed by atoms with Gasteiger partial charge in [0.15, 0.2) is 5.82 Å². The first kappa shape index (κ1) is 12.8. The molecule has 2 rings (SSSR count). The first-order valence-electron chi connectivity index (χ1n) is 5.66. The van der Waals surface area contributed by atoms with E-state index in [-0.39, 0.29) is 17.8 Å². The van der Waals surface area contributed by atoms with E-state index in [0.29, 0.717) is 13.0 Å². The molecule has 3 N–H and O–H groups in total. The van der Waals surface area contributed by atoms with Gasteiger partial charge in [-0.1, -0.05) is 0 Å². The summed E-state index contributed by atoms with van der Waals surface area (Å²) < 4.78 is 32.4. The van der Waals surface area contributed by atoms with Crippen molar-refractivity contribution in [1.29, 1.82) is 0 Å². The number of nitrogens with one attached hydrogen (secondary N) is 1. The summed E-state index contributed by atoms with van der Waals surface area (Å²) in [6, 6.07) is 1.82. The number of hydrogen-bond acceptors (Lipinski definition) is 3. The molecule has 1 aliphatic rings. The van der Waals surface area contributed by atoms with E-state index in [9.17, 15) is 13.6 Å². The Morgan fingerprint density at radius 2 is 2.22 bits per heavy atom. The fourth-order valence-electron chi connectivity index (χ4n) is 1.94. The van der Waals surface area contributed by atoms with Gasteiger partial charge in [0.25, 0.3) is 5.91 Å². The molecule has 1 aromatic carbocycles. The molecule has 6 heteroatoms. The summed E-state index contributed by atoms with van der Waals surface area (Å²) in [6.07, 6.45) is 0.458. The second kappa shape index (κ2) is 4.89. The van der Waals surface area contributed by atoms with E-state index in [2.05, 4.69) is 5.32 Å². The maximum absolute atomic E-state index is 13.6. The lowest BCUT2D eigenvalue weighted by atomic mass is 10.1. The number of anilines is 1. The highest BCUT2D eigenvalue weighted by Gasteiger charge is 2.28. The number of ether oxygens (including phenoxy) is 1. The summed E-state index contributed by atoms with van der Waals surface area (Å²) in [7, 11) is 0. The lowest BCUT2D eigenvalue weighted by molar-refractivity contribution is 0.0859. The highest BCUT2D eigenvalue weighted by Crippen LogP contribution is 2.20. The fourth-order valence-corrected chi connectivity index (χ4v) is 1.94. The number of carbonyl (C=O) groups is 1. The molecule has 2 unspecified atom stereocenters. The zero-order valence-electron chi connectivity index (χ0n) is 9.87. The molecule has 0 bridgehead atoms. The largest absolute Gasteiger partial charge is 0.396 e. The zero-order chi connectivity index (χ0) is 13.3. The molecule has 1 fully saturated rings. The van der Waals surface area contributed by atoms with Crippen LogP contribution in [0.15, 0.2) is 12.1 Å². The Morgan fingerprint density at radius 1 is 1.50 bits per heavy atom. The van der Waals surface area contributed by atoms with Crippen LogP contribution >= 0.6 is 0 Å². The first-order valence-corrected chi connectivity index (χ1v) is 5.66. The highest BCUT2D eigenvalue weighted by molar-refractivity contribution is 5.95. The molecule has 18 heavy (non-hydrogen) atoms. The molecular formula is C12H14F2N2O2. The van der Waals surface area contributed by atoms with Gasteiger partial charge in [-0.3, -0.25) is 4.79 Å². The van der Waals surface area contributed by atoms with Crippen LogP contribution in [0.4, 0.5) is 14.5 Å². The van der Waals surface area contributed by atoms with Crippen molar-refractivity contribution in [3.63, 3.8) is 0 Å². The summed E-state index contributed by atoms with van der Waals surface area (Å²) in [5.74, 6) is -2.76. The van der Waals surface area contributed by atoms with Gasteiger partial charge in [-0.2, -0.15) is 0 Å². The van der Waals surface area contributed by atoms with Crippen LogP contribution in [0.2, 0.25) is 0 Å². The van der Waals surface area contributed by atoms with Crippen LogP contribution in [0.1, 0.15) is 23.7 Å². The van der Waals surface area contributed by atoms with Gasteiger partial charge in [-0.25, -0.2) is 8.78 Å². The number of carbonyl (C=O) groups excluding carboxylic acids is 1. The van der Waals surface area contributed by atoms with Crippen LogP contribution in [-0.4, -0.2) is 24.7 Å². The van der Waals surface area contributed by atoms with Crippen LogP contribution in [-0.2, 0) is 4.74 Å². The van der Waals surface area contributed by atoms with Gasteiger partial charge in [0, 0.05) is 6.61 Å². The quantitative estimate of drug-likeness (QED) is 0.787. The van der Waals surface area contributed by atoms with Gasteiger partial charge in [-0.05, 0) is 25.5 Å². The number of benzene rings is 1. The van der Waals surface area contributed by atoms with Crippen LogP contribution in [0.3, 0.4) is 0 Å². The third kappa shape index (κ3) is 2.28. The predicted molar refractivity (Wildman–Crippen MR) is 62.1 cm³/mol. The molecule has 98 valence electrons. The third-order valence-electron chi connectivity index (χ3n) is 3.04. The number of hydrogen-bond donors (Lipinski definition) is 2. The van der Waals surface area contributed by atoms with Gasteiger partial charge in [0.1, 0.15) is 11.4 Å². The van der Waals surface area contributed by atoms with Crippen LogP contribution in [0, 0.1) is 11.6 Å². The molecule has 0 radical (unpaired) electrons. The van der Waals surface area contributed by atoms with Crippen molar-refractivity contribution in [3.8, 4) is 0 Å². The van der Waals surface area contributed by atoms with Gasteiger partial charge < -0.3 is 15.8 Å². The molecule has 4 nitrogen and oxygen atoms in total. The Labute approximate surface area is 103 Å². The maximum atomic E-state index is 13.6.